The van der Waals surface area contributed by atoms with Gasteiger partial charge in [-0.2, -0.15) is 0 Å². The second kappa shape index (κ2) is 4.99. The highest BCUT2D eigenvalue weighted by molar-refractivity contribution is 14.1. The molecule has 0 atom stereocenters. The predicted molar refractivity (Wildman–Crippen MR) is 65.0 cm³/mol. The number of benzene rings is 1. The Morgan fingerprint density at radius 3 is 2.69 bits per heavy atom. The van der Waals surface area contributed by atoms with E-state index >= 15 is 0 Å². The molecule has 0 bridgehead atoms. The van der Waals surface area contributed by atoms with Crippen molar-refractivity contribution in [2.75, 3.05) is 6.61 Å². The van der Waals surface area contributed by atoms with Crippen molar-refractivity contribution in [1.82, 2.24) is 0 Å². The quantitative estimate of drug-likeness (QED) is 0.788. The first-order chi connectivity index (χ1) is 6.09. The minimum atomic E-state index is -0.964. The molecule has 0 aliphatic carbocycles. The number of halogens is 2. The van der Waals surface area contributed by atoms with Crippen molar-refractivity contribution in [3.05, 3.63) is 25.3 Å². The molecule has 5 heteroatoms. The first kappa shape index (κ1) is 11.0. The summed E-state index contributed by atoms with van der Waals surface area (Å²) in [6.07, 6.45) is 0. The van der Waals surface area contributed by atoms with Crippen molar-refractivity contribution in [3.63, 3.8) is 0 Å². The minimum absolute atomic E-state index is 0.295. The van der Waals surface area contributed by atoms with Gasteiger partial charge in [-0.1, -0.05) is 0 Å². The molecule has 0 amide bonds. The SMILES string of the molecule is O=C(O)COc1ccc(I)cc1I. The molecule has 0 aliphatic heterocycles. The van der Waals surface area contributed by atoms with Gasteiger partial charge in [0, 0.05) is 3.57 Å². The third-order valence-electron chi connectivity index (χ3n) is 1.25. The number of carboxylic acids is 1. The Morgan fingerprint density at radius 1 is 1.46 bits per heavy atom. The summed E-state index contributed by atoms with van der Waals surface area (Å²) in [5, 5.41) is 8.39. The van der Waals surface area contributed by atoms with Crippen LogP contribution in [0.15, 0.2) is 18.2 Å². The summed E-state index contributed by atoms with van der Waals surface area (Å²) in [7, 11) is 0. The van der Waals surface area contributed by atoms with Crippen molar-refractivity contribution in [2.24, 2.45) is 0 Å². The van der Waals surface area contributed by atoms with E-state index in [2.05, 4.69) is 45.2 Å². The van der Waals surface area contributed by atoms with Gasteiger partial charge in [0.25, 0.3) is 0 Å². The molecule has 1 aromatic carbocycles. The zero-order chi connectivity index (χ0) is 9.84. The number of carboxylic acid groups (broad SMARTS) is 1. The van der Waals surface area contributed by atoms with Crippen LogP contribution in [0.3, 0.4) is 0 Å². The number of hydrogen-bond acceptors (Lipinski definition) is 2. The molecule has 0 spiro atoms. The summed E-state index contributed by atoms with van der Waals surface area (Å²) in [5.41, 5.74) is 0. The van der Waals surface area contributed by atoms with E-state index in [-0.39, 0.29) is 6.61 Å². The van der Waals surface area contributed by atoms with Gasteiger partial charge in [0.05, 0.1) is 3.57 Å². The maximum atomic E-state index is 10.2. The zero-order valence-electron chi connectivity index (χ0n) is 6.46. The van der Waals surface area contributed by atoms with Crippen LogP contribution < -0.4 is 4.74 Å². The van der Waals surface area contributed by atoms with Crippen molar-refractivity contribution in [1.29, 1.82) is 0 Å². The Hall–Kier alpha value is -0.0500. The number of aliphatic carboxylic acids is 1. The lowest BCUT2D eigenvalue weighted by atomic mass is 10.3. The Morgan fingerprint density at radius 2 is 2.15 bits per heavy atom. The molecule has 1 N–H and O–H groups in total. The number of rotatable bonds is 3. The van der Waals surface area contributed by atoms with Gasteiger partial charge in [0.2, 0.25) is 0 Å². The maximum absolute atomic E-state index is 10.2. The van der Waals surface area contributed by atoms with Gasteiger partial charge < -0.3 is 9.84 Å². The lowest BCUT2D eigenvalue weighted by Crippen LogP contribution is -2.10. The summed E-state index contributed by atoms with van der Waals surface area (Å²) in [4.78, 5) is 10.2. The minimum Gasteiger partial charge on any atom is -0.481 e. The summed E-state index contributed by atoms with van der Waals surface area (Å²) >= 11 is 4.30. The third-order valence-corrected chi connectivity index (χ3v) is 2.76. The normalized spacial score (nSPS) is 9.69. The molecule has 0 heterocycles. The van der Waals surface area contributed by atoms with Gasteiger partial charge in [-0.05, 0) is 63.4 Å². The highest BCUT2D eigenvalue weighted by Crippen LogP contribution is 2.22. The lowest BCUT2D eigenvalue weighted by molar-refractivity contribution is -0.139. The highest BCUT2D eigenvalue weighted by atomic mass is 127. The van der Waals surface area contributed by atoms with Crippen LogP contribution in [0.2, 0.25) is 0 Å². The molecular weight excluding hydrogens is 398 g/mol. The predicted octanol–water partition coefficient (Wildman–Crippen LogP) is 2.36. The molecule has 1 rings (SSSR count). The van der Waals surface area contributed by atoms with Crippen molar-refractivity contribution in [2.45, 2.75) is 0 Å². The van der Waals surface area contributed by atoms with Crippen LogP contribution >= 0.6 is 45.2 Å². The Balaban J connectivity index is 2.72. The Labute approximate surface area is 103 Å². The molecule has 0 aliphatic rings. The van der Waals surface area contributed by atoms with E-state index in [0.29, 0.717) is 5.75 Å². The number of ether oxygens (including phenoxy) is 1. The van der Waals surface area contributed by atoms with Crippen molar-refractivity contribution < 1.29 is 14.6 Å². The van der Waals surface area contributed by atoms with Gasteiger partial charge in [-0.25, -0.2) is 4.79 Å². The van der Waals surface area contributed by atoms with Crippen LogP contribution in [-0.2, 0) is 4.79 Å². The van der Waals surface area contributed by atoms with Gasteiger partial charge in [-0.15, -0.1) is 0 Å². The van der Waals surface area contributed by atoms with Gasteiger partial charge in [0.15, 0.2) is 6.61 Å². The van der Waals surface area contributed by atoms with Gasteiger partial charge in [0.1, 0.15) is 5.75 Å². The summed E-state index contributed by atoms with van der Waals surface area (Å²) in [6.45, 7) is -0.295. The molecule has 13 heavy (non-hydrogen) atoms. The van der Waals surface area contributed by atoms with Crippen LogP contribution in [0, 0.1) is 7.14 Å². The summed E-state index contributed by atoms with van der Waals surface area (Å²) < 4.78 is 7.07. The first-order valence-electron chi connectivity index (χ1n) is 3.39. The van der Waals surface area contributed by atoms with E-state index in [4.69, 9.17) is 9.84 Å². The molecule has 0 saturated heterocycles. The van der Waals surface area contributed by atoms with E-state index in [1.165, 1.54) is 0 Å². The van der Waals surface area contributed by atoms with Crippen LogP contribution in [0.1, 0.15) is 0 Å². The third kappa shape index (κ3) is 3.67. The van der Waals surface area contributed by atoms with Gasteiger partial charge in [-0.3, -0.25) is 0 Å². The largest absolute Gasteiger partial charge is 0.481 e. The first-order valence-corrected chi connectivity index (χ1v) is 5.55. The second-order valence-corrected chi connectivity index (χ2v) is 4.66. The molecule has 0 unspecified atom stereocenters. The lowest BCUT2D eigenvalue weighted by Gasteiger charge is -2.05. The average Bonchev–Trinajstić information content (AvgIpc) is 2.02. The molecular formula is C8H6I2O3. The van der Waals surface area contributed by atoms with Gasteiger partial charge >= 0.3 is 5.97 Å². The average molecular weight is 404 g/mol. The Kier molecular flexibility index (Phi) is 4.23. The smallest absolute Gasteiger partial charge is 0.341 e. The van der Waals surface area contributed by atoms with E-state index < -0.39 is 5.97 Å². The fourth-order valence-electron chi connectivity index (χ4n) is 0.732. The molecule has 70 valence electrons. The molecule has 3 nitrogen and oxygen atoms in total. The van der Waals surface area contributed by atoms with Crippen LogP contribution in [0.4, 0.5) is 0 Å². The van der Waals surface area contributed by atoms with E-state index in [9.17, 15) is 4.79 Å². The highest BCUT2D eigenvalue weighted by Gasteiger charge is 2.03. The molecule has 0 fully saturated rings. The van der Waals surface area contributed by atoms with Crippen LogP contribution in [-0.4, -0.2) is 17.7 Å². The molecule has 0 aromatic heterocycles. The molecule has 1 aromatic rings. The topological polar surface area (TPSA) is 46.5 Å². The zero-order valence-corrected chi connectivity index (χ0v) is 10.8. The van der Waals surface area contributed by atoms with Crippen LogP contribution in [0.25, 0.3) is 0 Å². The standard InChI is InChI=1S/C8H6I2O3/c9-5-1-2-7(6(10)3-5)13-4-8(11)12/h1-3H,4H2,(H,11,12). The van der Waals surface area contributed by atoms with Crippen molar-refractivity contribution >= 4 is 51.2 Å². The van der Waals surface area contributed by atoms with Crippen LogP contribution in [0.5, 0.6) is 5.75 Å². The monoisotopic (exact) mass is 404 g/mol. The molecule has 0 radical (unpaired) electrons. The summed E-state index contributed by atoms with van der Waals surface area (Å²) in [6, 6.07) is 5.57. The fourth-order valence-corrected chi connectivity index (χ4v) is 2.49. The van der Waals surface area contributed by atoms with Crippen molar-refractivity contribution in [3.8, 4) is 5.75 Å². The number of hydrogen-bond donors (Lipinski definition) is 1. The number of carbonyl (C=O) groups is 1. The second-order valence-electron chi connectivity index (χ2n) is 2.26. The Bertz CT molecular complexity index is 325. The fraction of sp³-hybridized carbons (Fsp3) is 0.125. The van der Waals surface area contributed by atoms with E-state index in [1.807, 2.05) is 12.1 Å². The van der Waals surface area contributed by atoms with E-state index in [0.717, 1.165) is 7.14 Å². The summed E-state index contributed by atoms with van der Waals surface area (Å²) in [5.74, 6) is -0.349. The molecule has 0 saturated carbocycles. The van der Waals surface area contributed by atoms with E-state index in [1.54, 1.807) is 6.07 Å². The maximum Gasteiger partial charge on any atom is 0.341 e.